The fourth-order valence-corrected chi connectivity index (χ4v) is 5.84. The van der Waals surface area contributed by atoms with Crippen LogP contribution in [-0.4, -0.2) is 97.4 Å². The van der Waals surface area contributed by atoms with Gasteiger partial charge in [-0.15, -0.1) is 0 Å². The third-order valence-corrected chi connectivity index (χ3v) is 8.50. The van der Waals surface area contributed by atoms with Crippen LogP contribution in [0.1, 0.15) is 39.5 Å². The van der Waals surface area contributed by atoms with Gasteiger partial charge in [0.05, 0.1) is 5.41 Å². The molecular weight excluding hydrogens is 466 g/mol. The molecule has 9 heteroatoms. The zero-order chi connectivity index (χ0) is 25.2. The number of hydrogen-bond donors (Lipinski definition) is 1. The van der Waals surface area contributed by atoms with Crippen LogP contribution in [0.15, 0.2) is 24.3 Å². The maximum atomic E-state index is 12.9. The van der Waals surface area contributed by atoms with Gasteiger partial charge in [-0.1, -0.05) is 17.7 Å². The fourth-order valence-electron chi connectivity index (χ4n) is 5.66. The minimum Gasteiger partial charge on any atom is -0.369 e. The molecule has 0 bridgehead atoms. The highest BCUT2D eigenvalue weighted by molar-refractivity contribution is 6.30. The summed E-state index contributed by atoms with van der Waals surface area (Å²) in [6.45, 7) is 9.30. The van der Waals surface area contributed by atoms with Crippen molar-refractivity contribution in [3.8, 4) is 0 Å². The minimum atomic E-state index is -0.481. The summed E-state index contributed by atoms with van der Waals surface area (Å²) < 4.78 is 0. The van der Waals surface area contributed by atoms with Gasteiger partial charge in [0, 0.05) is 76.5 Å². The van der Waals surface area contributed by atoms with Crippen molar-refractivity contribution in [2.24, 2.45) is 5.41 Å². The molecule has 3 fully saturated rings. The molecule has 1 aromatic rings. The van der Waals surface area contributed by atoms with E-state index in [4.69, 9.17) is 11.6 Å². The van der Waals surface area contributed by atoms with Crippen LogP contribution in [0.4, 0.5) is 5.69 Å². The number of amides is 3. The Kier molecular flexibility index (Phi) is 7.91. The second kappa shape index (κ2) is 10.7. The molecule has 1 aromatic carbocycles. The highest BCUT2D eigenvalue weighted by Gasteiger charge is 2.49. The highest BCUT2D eigenvalue weighted by atomic mass is 35.5. The number of carbonyl (C=O) groups excluding carboxylic acids is 3. The molecule has 3 saturated heterocycles. The van der Waals surface area contributed by atoms with Gasteiger partial charge in [0.25, 0.3) is 0 Å². The Labute approximate surface area is 213 Å². The van der Waals surface area contributed by atoms with Crippen molar-refractivity contribution in [2.75, 3.05) is 57.8 Å². The molecule has 0 saturated carbocycles. The Balaban J connectivity index is 1.22. The molecule has 0 aliphatic carbocycles. The second-order valence-corrected chi connectivity index (χ2v) is 10.8. The zero-order valence-electron chi connectivity index (χ0n) is 21.1. The smallest absolute Gasteiger partial charge is 0.245 e. The molecule has 0 unspecified atom stereocenters. The summed E-state index contributed by atoms with van der Waals surface area (Å²) in [4.78, 5) is 45.5. The molecule has 1 spiro atoms. The van der Waals surface area contributed by atoms with E-state index in [1.807, 2.05) is 23.1 Å². The third kappa shape index (κ3) is 5.75. The number of carbonyl (C=O) groups is 3. The van der Waals surface area contributed by atoms with E-state index in [0.717, 1.165) is 50.6 Å². The third-order valence-electron chi connectivity index (χ3n) is 8.26. The number of piperazine rings is 1. The lowest BCUT2D eigenvalue weighted by atomic mass is 9.75. The van der Waals surface area contributed by atoms with Crippen LogP contribution < -0.4 is 10.2 Å². The molecule has 3 aliphatic heterocycles. The van der Waals surface area contributed by atoms with Gasteiger partial charge < -0.3 is 20.0 Å². The molecule has 2 atom stereocenters. The molecule has 4 rings (SSSR count). The Morgan fingerprint density at radius 2 is 1.86 bits per heavy atom. The Morgan fingerprint density at radius 3 is 2.49 bits per heavy atom. The van der Waals surface area contributed by atoms with Crippen molar-refractivity contribution < 1.29 is 14.4 Å². The molecule has 3 amide bonds. The van der Waals surface area contributed by atoms with Gasteiger partial charge in [-0.25, -0.2) is 0 Å². The van der Waals surface area contributed by atoms with Crippen LogP contribution in [0, 0.1) is 5.41 Å². The lowest BCUT2D eigenvalue weighted by molar-refractivity contribution is -0.145. The van der Waals surface area contributed by atoms with E-state index in [-0.39, 0.29) is 29.2 Å². The number of piperidine rings is 1. The first-order valence-corrected chi connectivity index (χ1v) is 13.1. The van der Waals surface area contributed by atoms with Gasteiger partial charge in [-0.2, -0.15) is 0 Å². The number of likely N-dealkylation sites (N-methyl/N-ethyl adjacent to an activating group) is 1. The first-order valence-electron chi connectivity index (χ1n) is 12.7. The van der Waals surface area contributed by atoms with E-state index in [1.54, 1.807) is 14.0 Å². The van der Waals surface area contributed by atoms with E-state index >= 15 is 0 Å². The predicted molar refractivity (Wildman–Crippen MR) is 137 cm³/mol. The maximum Gasteiger partial charge on any atom is 0.245 e. The number of halogens is 1. The summed E-state index contributed by atoms with van der Waals surface area (Å²) in [6.07, 6.45) is 3.18. The number of hydrogen-bond acceptors (Lipinski definition) is 5. The van der Waals surface area contributed by atoms with Crippen LogP contribution in [0.2, 0.25) is 5.02 Å². The van der Waals surface area contributed by atoms with Crippen molar-refractivity contribution in [1.82, 2.24) is 20.0 Å². The first-order chi connectivity index (χ1) is 16.7. The molecular formula is C26H38ClN5O3. The van der Waals surface area contributed by atoms with E-state index < -0.39 is 6.04 Å². The molecule has 0 aromatic heterocycles. The summed E-state index contributed by atoms with van der Waals surface area (Å²) in [7, 11) is 1.66. The van der Waals surface area contributed by atoms with Crippen molar-refractivity contribution in [2.45, 2.75) is 51.6 Å². The van der Waals surface area contributed by atoms with Gasteiger partial charge in [-0.3, -0.25) is 19.3 Å². The molecule has 3 aliphatic rings. The minimum absolute atomic E-state index is 0.0376. The first kappa shape index (κ1) is 25.8. The van der Waals surface area contributed by atoms with Crippen molar-refractivity contribution in [3.63, 3.8) is 0 Å². The Morgan fingerprint density at radius 1 is 1.17 bits per heavy atom. The summed E-state index contributed by atoms with van der Waals surface area (Å²) in [5.41, 5.74) is 0.817. The standard InChI is InChI=1S/C26H38ClN5O3/c1-19(29(3)20(2)33)24(34)32-11-8-26(9-12-32)18-22(28-25(26)35)7-10-30-13-15-31(16-14-30)23-6-4-5-21(27)17-23/h4-6,17,19,22H,7-16,18H2,1-3H3,(H,28,35)/t19-,22-/m0/s1. The molecule has 8 nitrogen and oxygen atoms in total. The van der Waals surface area contributed by atoms with Crippen LogP contribution in [0.25, 0.3) is 0 Å². The molecule has 35 heavy (non-hydrogen) atoms. The van der Waals surface area contributed by atoms with E-state index in [0.29, 0.717) is 25.9 Å². The lowest BCUT2D eigenvalue weighted by Crippen LogP contribution is -2.52. The van der Waals surface area contributed by atoms with Gasteiger partial charge in [0.15, 0.2) is 0 Å². The number of likely N-dealkylation sites (tertiary alicyclic amines) is 1. The SMILES string of the molecule is CC(=O)N(C)[C@@H](C)C(=O)N1CCC2(CC1)C[C@H](CCN1CCN(c3cccc(Cl)c3)CC1)NC2=O. The van der Waals surface area contributed by atoms with E-state index in [2.05, 4.69) is 21.2 Å². The van der Waals surface area contributed by atoms with Crippen LogP contribution in [0.3, 0.4) is 0 Å². The van der Waals surface area contributed by atoms with Crippen LogP contribution in [0.5, 0.6) is 0 Å². The van der Waals surface area contributed by atoms with Crippen LogP contribution >= 0.6 is 11.6 Å². The molecule has 3 heterocycles. The normalized spacial score (nSPS) is 23.3. The van der Waals surface area contributed by atoms with Crippen LogP contribution in [-0.2, 0) is 14.4 Å². The zero-order valence-corrected chi connectivity index (χ0v) is 21.9. The topological polar surface area (TPSA) is 76.2 Å². The van der Waals surface area contributed by atoms with Gasteiger partial charge >= 0.3 is 0 Å². The molecule has 192 valence electrons. The second-order valence-electron chi connectivity index (χ2n) is 10.4. The number of rotatable bonds is 6. The monoisotopic (exact) mass is 503 g/mol. The summed E-state index contributed by atoms with van der Waals surface area (Å²) in [6, 6.07) is 7.74. The molecule has 0 radical (unpaired) electrons. The van der Waals surface area contributed by atoms with E-state index in [1.165, 1.54) is 17.5 Å². The average molecular weight is 504 g/mol. The fraction of sp³-hybridized carbons (Fsp3) is 0.654. The number of benzene rings is 1. The summed E-state index contributed by atoms with van der Waals surface area (Å²) in [5.74, 6) is -0.0121. The average Bonchev–Trinajstić information content (AvgIpc) is 3.16. The Hall–Kier alpha value is -2.32. The van der Waals surface area contributed by atoms with Crippen molar-refractivity contribution in [3.05, 3.63) is 29.3 Å². The largest absolute Gasteiger partial charge is 0.369 e. The van der Waals surface area contributed by atoms with E-state index in [9.17, 15) is 14.4 Å². The molecule has 1 N–H and O–H groups in total. The number of nitrogens with one attached hydrogen (secondary N) is 1. The maximum absolute atomic E-state index is 12.9. The predicted octanol–water partition coefficient (Wildman–Crippen LogP) is 2.22. The quantitative estimate of drug-likeness (QED) is 0.644. The summed E-state index contributed by atoms with van der Waals surface area (Å²) >= 11 is 6.14. The number of anilines is 1. The van der Waals surface area contributed by atoms with Crippen molar-refractivity contribution >= 4 is 35.0 Å². The summed E-state index contributed by atoms with van der Waals surface area (Å²) in [5, 5.41) is 4.02. The Bertz CT molecular complexity index is 941. The highest BCUT2D eigenvalue weighted by Crippen LogP contribution is 2.41. The number of nitrogens with zero attached hydrogens (tertiary/aromatic N) is 4. The van der Waals surface area contributed by atoms with Gasteiger partial charge in [0.2, 0.25) is 17.7 Å². The van der Waals surface area contributed by atoms with Gasteiger partial charge in [-0.05, 0) is 50.8 Å². The lowest BCUT2D eigenvalue weighted by Gasteiger charge is -2.39. The van der Waals surface area contributed by atoms with Crippen molar-refractivity contribution in [1.29, 1.82) is 0 Å². The van der Waals surface area contributed by atoms with Gasteiger partial charge in [0.1, 0.15) is 6.04 Å².